The quantitative estimate of drug-likeness (QED) is 0.614. The summed E-state index contributed by atoms with van der Waals surface area (Å²) >= 11 is 0. The van der Waals surface area contributed by atoms with E-state index in [9.17, 15) is 0 Å². The van der Waals surface area contributed by atoms with Gasteiger partial charge >= 0.3 is 0 Å². The second-order valence-corrected chi connectivity index (χ2v) is 4.97. The summed E-state index contributed by atoms with van der Waals surface area (Å²) in [7, 11) is 0. The van der Waals surface area contributed by atoms with Gasteiger partial charge in [0.2, 0.25) is 0 Å². The van der Waals surface area contributed by atoms with Crippen LogP contribution in [0.5, 0.6) is 0 Å². The maximum Gasteiger partial charge on any atom is 0.0651 e. The van der Waals surface area contributed by atoms with Crippen LogP contribution in [0.1, 0.15) is 60.8 Å². The third kappa shape index (κ3) is 4.00. The van der Waals surface area contributed by atoms with Crippen LogP contribution in [-0.4, -0.2) is 12.7 Å². The van der Waals surface area contributed by atoms with E-state index >= 15 is 0 Å². The molecular formula is C13H28O. The Labute approximate surface area is 90.2 Å². The molecule has 0 aromatic carbocycles. The summed E-state index contributed by atoms with van der Waals surface area (Å²) in [6.45, 7) is 14.1. The Morgan fingerprint density at radius 1 is 1.21 bits per heavy atom. The van der Waals surface area contributed by atoms with Crippen molar-refractivity contribution in [1.29, 1.82) is 0 Å². The molecule has 0 saturated carbocycles. The van der Waals surface area contributed by atoms with Crippen LogP contribution < -0.4 is 0 Å². The molecule has 14 heavy (non-hydrogen) atoms. The number of hydrogen-bond donors (Lipinski definition) is 0. The zero-order valence-corrected chi connectivity index (χ0v) is 10.9. The molecule has 1 rings (SSSR count). The Morgan fingerprint density at radius 3 is 2.14 bits per heavy atom. The molecular weight excluding hydrogens is 172 g/mol. The van der Waals surface area contributed by atoms with E-state index in [1.54, 1.807) is 0 Å². The molecule has 2 unspecified atom stereocenters. The Hall–Kier alpha value is -0.0400. The highest BCUT2D eigenvalue weighted by Crippen LogP contribution is 2.35. The molecule has 0 spiro atoms. The monoisotopic (exact) mass is 200 g/mol. The van der Waals surface area contributed by atoms with E-state index < -0.39 is 0 Å². The van der Waals surface area contributed by atoms with Gasteiger partial charge in [-0.15, -0.1) is 0 Å². The van der Waals surface area contributed by atoms with Crippen molar-refractivity contribution >= 4 is 0 Å². The third-order valence-electron chi connectivity index (χ3n) is 2.82. The van der Waals surface area contributed by atoms with Crippen LogP contribution in [0.25, 0.3) is 0 Å². The van der Waals surface area contributed by atoms with Crippen molar-refractivity contribution in [1.82, 2.24) is 0 Å². The first-order valence-electron chi connectivity index (χ1n) is 6.17. The number of rotatable bonds is 1. The average molecular weight is 200 g/mol. The van der Waals surface area contributed by atoms with E-state index in [4.69, 9.17) is 4.74 Å². The Morgan fingerprint density at radius 2 is 1.79 bits per heavy atom. The molecule has 1 fully saturated rings. The van der Waals surface area contributed by atoms with Crippen molar-refractivity contribution in [3.8, 4) is 0 Å². The zero-order chi connectivity index (χ0) is 11.2. The smallest absolute Gasteiger partial charge is 0.0651 e. The van der Waals surface area contributed by atoms with Gasteiger partial charge in [0.25, 0.3) is 0 Å². The molecule has 1 nitrogen and oxygen atoms in total. The van der Waals surface area contributed by atoms with Gasteiger partial charge in [-0.25, -0.2) is 0 Å². The summed E-state index contributed by atoms with van der Waals surface area (Å²) in [6, 6.07) is 0. The predicted octanol–water partition coefficient (Wildman–Crippen LogP) is 4.26. The largest absolute Gasteiger partial charge is 0.377 e. The molecule has 0 aromatic heterocycles. The van der Waals surface area contributed by atoms with Gasteiger partial charge < -0.3 is 4.74 Å². The number of ether oxygens (including phenoxy) is 1. The standard InChI is InChI=1S/C11H22O.C2H6/c1-5-9-7-6-8-12-10(9)11(2,3)4;1-2/h9-10H,5-8H2,1-4H3;1-2H3. The van der Waals surface area contributed by atoms with Gasteiger partial charge in [0.1, 0.15) is 0 Å². The van der Waals surface area contributed by atoms with Crippen LogP contribution in [0.2, 0.25) is 0 Å². The molecule has 2 atom stereocenters. The molecule has 0 bridgehead atoms. The van der Waals surface area contributed by atoms with Gasteiger partial charge in [-0.2, -0.15) is 0 Å². The van der Waals surface area contributed by atoms with Gasteiger partial charge in [-0.05, 0) is 24.2 Å². The van der Waals surface area contributed by atoms with Crippen molar-refractivity contribution in [3.63, 3.8) is 0 Å². The minimum absolute atomic E-state index is 0.321. The lowest BCUT2D eigenvalue weighted by Gasteiger charge is -2.39. The van der Waals surface area contributed by atoms with Crippen molar-refractivity contribution in [3.05, 3.63) is 0 Å². The normalized spacial score (nSPS) is 27.9. The van der Waals surface area contributed by atoms with E-state index in [0.29, 0.717) is 11.5 Å². The van der Waals surface area contributed by atoms with E-state index in [2.05, 4.69) is 27.7 Å². The van der Waals surface area contributed by atoms with E-state index in [1.165, 1.54) is 19.3 Å². The van der Waals surface area contributed by atoms with Crippen molar-refractivity contribution in [2.45, 2.75) is 66.9 Å². The first kappa shape index (κ1) is 14.0. The molecule has 86 valence electrons. The summed E-state index contributed by atoms with van der Waals surface area (Å²) in [4.78, 5) is 0. The molecule has 0 aromatic rings. The molecule has 1 saturated heterocycles. The van der Waals surface area contributed by atoms with Gasteiger partial charge in [-0.1, -0.05) is 48.0 Å². The van der Waals surface area contributed by atoms with Crippen molar-refractivity contribution < 1.29 is 4.74 Å². The summed E-state index contributed by atoms with van der Waals surface area (Å²) in [5, 5.41) is 0. The van der Waals surface area contributed by atoms with Crippen molar-refractivity contribution in [2.75, 3.05) is 6.61 Å². The highest BCUT2D eigenvalue weighted by molar-refractivity contribution is 4.83. The fraction of sp³-hybridized carbons (Fsp3) is 1.00. The molecule has 0 aliphatic carbocycles. The van der Waals surface area contributed by atoms with Crippen LogP contribution in [0, 0.1) is 11.3 Å². The number of hydrogen-bond acceptors (Lipinski definition) is 1. The topological polar surface area (TPSA) is 9.23 Å². The van der Waals surface area contributed by atoms with Crippen LogP contribution in [0.15, 0.2) is 0 Å². The summed E-state index contributed by atoms with van der Waals surface area (Å²) in [5.74, 6) is 0.791. The van der Waals surface area contributed by atoms with Gasteiger partial charge in [0, 0.05) is 6.61 Å². The second kappa shape index (κ2) is 6.44. The molecule has 0 radical (unpaired) electrons. The molecule has 0 amide bonds. The Bertz CT molecular complexity index is 135. The zero-order valence-electron chi connectivity index (χ0n) is 10.9. The van der Waals surface area contributed by atoms with Crippen LogP contribution >= 0.6 is 0 Å². The lowest BCUT2D eigenvalue weighted by atomic mass is 9.77. The molecule has 1 heteroatoms. The molecule has 1 aliphatic heterocycles. The lowest BCUT2D eigenvalue weighted by molar-refractivity contribution is -0.0861. The molecule has 0 N–H and O–H groups in total. The average Bonchev–Trinajstić information content (AvgIpc) is 2.19. The predicted molar refractivity (Wildman–Crippen MR) is 63.6 cm³/mol. The van der Waals surface area contributed by atoms with E-state index in [1.807, 2.05) is 13.8 Å². The molecule has 1 heterocycles. The lowest BCUT2D eigenvalue weighted by Crippen LogP contribution is -2.39. The van der Waals surface area contributed by atoms with Gasteiger partial charge in [-0.3, -0.25) is 0 Å². The van der Waals surface area contributed by atoms with E-state index in [-0.39, 0.29) is 0 Å². The summed E-state index contributed by atoms with van der Waals surface area (Å²) in [5.41, 5.74) is 0.321. The second-order valence-electron chi connectivity index (χ2n) is 4.97. The maximum absolute atomic E-state index is 5.85. The summed E-state index contributed by atoms with van der Waals surface area (Å²) in [6.07, 6.45) is 4.36. The highest BCUT2D eigenvalue weighted by Gasteiger charge is 2.33. The fourth-order valence-electron chi connectivity index (χ4n) is 2.22. The molecule has 1 aliphatic rings. The SMILES string of the molecule is CC.CCC1CCCOC1C(C)(C)C. The van der Waals surface area contributed by atoms with Crippen LogP contribution in [0.4, 0.5) is 0 Å². The minimum atomic E-state index is 0.321. The fourth-order valence-corrected chi connectivity index (χ4v) is 2.22. The maximum atomic E-state index is 5.85. The highest BCUT2D eigenvalue weighted by atomic mass is 16.5. The van der Waals surface area contributed by atoms with E-state index in [0.717, 1.165) is 12.5 Å². The minimum Gasteiger partial charge on any atom is -0.377 e. The third-order valence-corrected chi connectivity index (χ3v) is 2.82. The first-order valence-corrected chi connectivity index (χ1v) is 6.17. The van der Waals surface area contributed by atoms with Gasteiger partial charge in [0.15, 0.2) is 0 Å². The van der Waals surface area contributed by atoms with Gasteiger partial charge in [0.05, 0.1) is 6.10 Å². The Balaban J connectivity index is 0.000000791. The first-order chi connectivity index (χ1) is 6.55. The van der Waals surface area contributed by atoms with Crippen molar-refractivity contribution in [2.24, 2.45) is 11.3 Å². The summed E-state index contributed by atoms with van der Waals surface area (Å²) < 4.78 is 5.85. The Kier molecular flexibility index (Phi) is 6.43. The van der Waals surface area contributed by atoms with Crippen LogP contribution in [-0.2, 0) is 4.74 Å². The van der Waals surface area contributed by atoms with Crippen LogP contribution in [0.3, 0.4) is 0 Å².